The summed E-state index contributed by atoms with van der Waals surface area (Å²) in [6.07, 6.45) is -4.49. The van der Waals surface area contributed by atoms with Crippen LogP contribution in [0.5, 0.6) is 5.75 Å². The molecule has 0 atom stereocenters. The molecule has 0 aliphatic carbocycles. The van der Waals surface area contributed by atoms with Crippen molar-refractivity contribution in [2.45, 2.75) is 12.6 Å². The van der Waals surface area contributed by atoms with E-state index in [1.807, 2.05) is 0 Å². The van der Waals surface area contributed by atoms with Gasteiger partial charge in [0.05, 0.1) is 12.2 Å². The van der Waals surface area contributed by atoms with Crippen LogP contribution in [0, 0.1) is 0 Å². The lowest BCUT2D eigenvalue weighted by atomic mass is 10.1. The lowest BCUT2D eigenvalue weighted by Crippen LogP contribution is -2.09. The number of hydrogen-bond acceptors (Lipinski definition) is 3. The average Bonchev–Trinajstić information content (AvgIpc) is 2.17. The molecular weight excluding hydrogens is 291 g/mol. The van der Waals surface area contributed by atoms with Crippen molar-refractivity contribution in [2.75, 3.05) is 6.61 Å². The highest BCUT2D eigenvalue weighted by atomic mass is 79.9. The number of alkyl halides is 3. The highest BCUT2D eigenvalue weighted by Crippen LogP contribution is 2.39. The Hall–Kier alpha value is -0.790. The van der Waals surface area contributed by atoms with E-state index in [-0.39, 0.29) is 23.1 Å². The number of halogens is 4. The van der Waals surface area contributed by atoms with Crippen LogP contribution < -0.4 is 5.90 Å². The van der Waals surface area contributed by atoms with Gasteiger partial charge in [-0.2, -0.15) is 13.2 Å². The molecule has 0 fully saturated rings. The monoisotopic (exact) mass is 299 g/mol. The Kier molecular flexibility index (Phi) is 4.17. The van der Waals surface area contributed by atoms with Gasteiger partial charge in [0, 0.05) is 10.9 Å². The first-order valence-corrected chi connectivity index (χ1v) is 5.06. The molecule has 3 N–H and O–H groups in total. The van der Waals surface area contributed by atoms with Crippen LogP contribution in [0.15, 0.2) is 16.6 Å². The summed E-state index contributed by atoms with van der Waals surface area (Å²) in [7, 11) is 0. The second-order valence-electron chi connectivity index (χ2n) is 3.08. The number of benzene rings is 1. The zero-order chi connectivity index (χ0) is 12.3. The summed E-state index contributed by atoms with van der Waals surface area (Å²) >= 11 is 2.95. The fourth-order valence-corrected chi connectivity index (χ4v) is 1.74. The Bertz CT molecular complexity index is 382. The zero-order valence-corrected chi connectivity index (χ0v) is 9.60. The van der Waals surface area contributed by atoms with E-state index < -0.39 is 17.5 Å². The predicted octanol–water partition coefficient (Wildman–Crippen LogP) is 2.61. The first kappa shape index (κ1) is 13.3. The lowest BCUT2D eigenvalue weighted by molar-refractivity contribution is -0.138. The number of nitrogens with two attached hydrogens (primary N) is 1. The van der Waals surface area contributed by atoms with Crippen molar-refractivity contribution in [1.82, 2.24) is 0 Å². The van der Waals surface area contributed by atoms with E-state index in [0.29, 0.717) is 0 Å². The second kappa shape index (κ2) is 5.03. The van der Waals surface area contributed by atoms with Gasteiger partial charge in [0.25, 0.3) is 0 Å². The number of rotatable bonds is 3. The first-order chi connectivity index (χ1) is 7.36. The summed E-state index contributed by atoms with van der Waals surface area (Å²) < 4.78 is 37.7. The average molecular weight is 300 g/mol. The number of phenols is 1. The minimum atomic E-state index is -4.59. The van der Waals surface area contributed by atoms with Gasteiger partial charge in [-0.1, -0.05) is 15.9 Å². The minimum absolute atomic E-state index is 0.0291. The molecule has 1 aromatic rings. The number of aromatic hydroxyl groups is 1. The molecule has 1 rings (SSSR count). The Morgan fingerprint density at radius 1 is 1.38 bits per heavy atom. The molecule has 3 nitrogen and oxygen atoms in total. The molecule has 0 unspecified atom stereocenters. The number of phenolic OH excluding ortho intramolecular Hbond substituents is 1. The smallest absolute Gasteiger partial charge is 0.420 e. The molecule has 90 valence electrons. The molecule has 0 saturated carbocycles. The fraction of sp³-hybridized carbons (Fsp3) is 0.333. The topological polar surface area (TPSA) is 55.5 Å². The van der Waals surface area contributed by atoms with Crippen LogP contribution in [0.4, 0.5) is 13.2 Å². The van der Waals surface area contributed by atoms with E-state index in [0.717, 1.165) is 6.07 Å². The molecule has 1 aromatic carbocycles. The normalized spacial score (nSPS) is 11.8. The Balaban J connectivity index is 3.16. The van der Waals surface area contributed by atoms with Gasteiger partial charge in [-0.25, -0.2) is 5.90 Å². The first-order valence-electron chi connectivity index (χ1n) is 4.26. The highest BCUT2D eigenvalue weighted by molar-refractivity contribution is 9.10. The third-order valence-corrected chi connectivity index (χ3v) is 2.41. The zero-order valence-electron chi connectivity index (χ0n) is 8.01. The van der Waals surface area contributed by atoms with Crippen molar-refractivity contribution in [3.8, 4) is 5.75 Å². The van der Waals surface area contributed by atoms with Crippen molar-refractivity contribution < 1.29 is 23.1 Å². The molecule has 0 spiro atoms. The highest BCUT2D eigenvalue weighted by Gasteiger charge is 2.35. The summed E-state index contributed by atoms with van der Waals surface area (Å²) in [5, 5.41) is 9.44. The summed E-state index contributed by atoms with van der Waals surface area (Å²) in [5.41, 5.74) is -0.943. The van der Waals surface area contributed by atoms with Crippen molar-refractivity contribution in [3.05, 3.63) is 27.7 Å². The maximum atomic E-state index is 12.5. The maximum Gasteiger partial charge on any atom is 0.420 e. The van der Waals surface area contributed by atoms with E-state index in [2.05, 4.69) is 20.8 Å². The van der Waals surface area contributed by atoms with Crippen LogP contribution in [0.1, 0.15) is 11.1 Å². The lowest BCUT2D eigenvalue weighted by Gasteiger charge is -2.13. The summed E-state index contributed by atoms with van der Waals surface area (Å²) in [6.45, 7) is 0.0291. The summed E-state index contributed by atoms with van der Waals surface area (Å²) in [5.74, 6) is 3.99. The Labute approximate surface area is 98.1 Å². The molecule has 0 aliphatic heterocycles. The van der Waals surface area contributed by atoms with Gasteiger partial charge in [0.15, 0.2) is 0 Å². The van der Waals surface area contributed by atoms with Gasteiger partial charge < -0.3 is 9.94 Å². The van der Waals surface area contributed by atoms with Crippen molar-refractivity contribution in [2.24, 2.45) is 5.90 Å². The van der Waals surface area contributed by atoms with Crippen molar-refractivity contribution in [3.63, 3.8) is 0 Å². The van der Waals surface area contributed by atoms with Gasteiger partial charge in [-0.05, 0) is 17.7 Å². The van der Waals surface area contributed by atoms with Gasteiger partial charge in [-0.15, -0.1) is 0 Å². The Morgan fingerprint density at radius 3 is 2.50 bits per heavy atom. The van der Waals surface area contributed by atoms with Gasteiger partial charge in [-0.3, -0.25) is 0 Å². The van der Waals surface area contributed by atoms with Crippen LogP contribution in [-0.2, 0) is 17.4 Å². The molecule has 0 aliphatic rings. The minimum Gasteiger partial charge on any atom is -0.507 e. The van der Waals surface area contributed by atoms with E-state index in [1.165, 1.54) is 6.07 Å². The molecule has 0 radical (unpaired) electrons. The molecule has 0 saturated heterocycles. The van der Waals surface area contributed by atoms with E-state index in [1.54, 1.807) is 0 Å². The predicted molar refractivity (Wildman–Crippen MR) is 54.7 cm³/mol. The van der Waals surface area contributed by atoms with Gasteiger partial charge in [0.2, 0.25) is 0 Å². The SMILES string of the molecule is NOCCc1cc(Br)cc(C(F)(F)F)c1O. The quantitative estimate of drug-likeness (QED) is 0.844. The fourth-order valence-electron chi connectivity index (χ4n) is 1.23. The third kappa shape index (κ3) is 3.10. The molecular formula is C9H9BrF3NO2. The van der Waals surface area contributed by atoms with Crippen LogP contribution >= 0.6 is 15.9 Å². The van der Waals surface area contributed by atoms with Crippen LogP contribution in [0.25, 0.3) is 0 Å². The van der Waals surface area contributed by atoms with Crippen molar-refractivity contribution >= 4 is 15.9 Å². The van der Waals surface area contributed by atoms with E-state index >= 15 is 0 Å². The van der Waals surface area contributed by atoms with Gasteiger partial charge >= 0.3 is 6.18 Å². The molecule has 0 heterocycles. The maximum absolute atomic E-state index is 12.5. The largest absolute Gasteiger partial charge is 0.507 e. The summed E-state index contributed by atoms with van der Waals surface area (Å²) in [4.78, 5) is 4.26. The van der Waals surface area contributed by atoms with Crippen molar-refractivity contribution in [1.29, 1.82) is 0 Å². The van der Waals surface area contributed by atoms with Crippen LogP contribution in [0.3, 0.4) is 0 Å². The van der Waals surface area contributed by atoms with Crippen LogP contribution in [-0.4, -0.2) is 11.7 Å². The van der Waals surface area contributed by atoms with Gasteiger partial charge in [0.1, 0.15) is 5.75 Å². The third-order valence-electron chi connectivity index (χ3n) is 1.95. The summed E-state index contributed by atoms with van der Waals surface area (Å²) in [6, 6.07) is 2.21. The molecule has 0 amide bonds. The van der Waals surface area contributed by atoms with Crippen LogP contribution in [0.2, 0.25) is 0 Å². The van der Waals surface area contributed by atoms with E-state index in [9.17, 15) is 18.3 Å². The Morgan fingerprint density at radius 2 is 2.00 bits per heavy atom. The molecule has 16 heavy (non-hydrogen) atoms. The second-order valence-corrected chi connectivity index (χ2v) is 4.00. The van der Waals surface area contributed by atoms with E-state index in [4.69, 9.17) is 5.90 Å². The molecule has 7 heteroatoms. The molecule has 0 aromatic heterocycles. The number of hydrogen-bond donors (Lipinski definition) is 2. The standard InChI is InChI=1S/C9H9BrF3NO2/c10-6-3-5(1-2-16-14)8(15)7(4-6)9(11,12)13/h3-4,15H,1-2,14H2. The molecule has 0 bridgehead atoms.